The summed E-state index contributed by atoms with van der Waals surface area (Å²) < 4.78 is 12.3. The van der Waals surface area contributed by atoms with E-state index >= 15 is 0 Å². The lowest BCUT2D eigenvalue weighted by atomic mass is 9.89. The van der Waals surface area contributed by atoms with E-state index in [4.69, 9.17) is 14.5 Å². The molecular formula is C35H35N5O4. The summed E-state index contributed by atoms with van der Waals surface area (Å²) in [6, 6.07) is 15.9. The van der Waals surface area contributed by atoms with Crippen LogP contribution in [0.3, 0.4) is 0 Å². The second kappa shape index (κ2) is 11.6. The molecule has 1 unspecified atom stereocenters. The number of rotatable bonds is 5. The van der Waals surface area contributed by atoms with Gasteiger partial charge in [-0.25, -0.2) is 9.97 Å². The van der Waals surface area contributed by atoms with Crippen LogP contribution in [0.2, 0.25) is 0 Å². The number of anilines is 1. The Hall–Kier alpha value is -4.97. The molecule has 0 aliphatic carbocycles. The van der Waals surface area contributed by atoms with Crippen molar-refractivity contribution in [3.05, 3.63) is 67.0 Å². The molecule has 3 heterocycles. The number of esters is 1. The number of nitrogens with zero attached hydrogens (tertiary/aromatic N) is 5. The van der Waals surface area contributed by atoms with Crippen molar-refractivity contribution in [2.75, 3.05) is 31.1 Å². The Balaban J connectivity index is 1.47. The Bertz CT molecular complexity index is 1840. The fourth-order valence-electron chi connectivity index (χ4n) is 6.11. The molecule has 1 aromatic heterocycles. The first kappa shape index (κ1) is 29.1. The Morgan fingerprint density at radius 1 is 1.14 bits per heavy atom. The zero-order valence-electron chi connectivity index (χ0n) is 25.3. The number of hydrogen-bond donors (Lipinski definition) is 0. The molecule has 4 aromatic rings. The minimum atomic E-state index is -0.631. The van der Waals surface area contributed by atoms with Crippen molar-refractivity contribution in [3.8, 4) is 28.7 Å². The highest BCUT2D eigenvalue weighted by Crippen LogP contribution is 2.46. The van der Waals surface area contributed by atoms with Crippen LogP contribution in [0, 0.1) is 16.7 Å². The third-order valence-electron chi connectivity index (χ3n) is 8.34. The number of carbonyl (C=O) groups is 2. The number of ether oxygens (including phenoxy) is 2. The van der Waals surface area contributed by atoms with Gasteiger partial charge < -0.3 is 19.3 Å². The fraction of sp³-hybridized carbons (Fsp3) is 0.343. The maximum Gasteiger partial charge on any atom is 0.316 e. The van der Waals surface area contributed by atoms with E-state index in [2.05, 4.69) is 28.6 Å². The number of carbonyl (C=O) groups excluding carboxylic acids is 2. The summed E-state index contributed by atoms with van der Waals surface area (Å²) in [7, 11) is 0. The first-order chi connectivity index (χ1) is 21.2. The molecule has 2 aliphatic rings. The molecule has 0 saturated carbocycles. The molecule has 1 saturated heterocycles. The number of fused-ring (bicyclic) bond motifs is 4. The average molecular weight is 590 g/mol. The normalized spacial score (nSPS) is 16.6. The predicted octanol–water partition coefficient (Wildman–Crippen LogP) is 5.84. The molecule has 9 heteroatoms. The third kappa shape index (κ3) is 5.21. The van der Waals surface area contributed by atoms with Gasteiger partial charge in [0.15, 0.2) is 0 Å². The van der Waals surface area contributed by atoms with Crippen LogP contribution in [0.1, 0.15) is 39.2 Å². The molecule has 6 rings (SSSR count). The van der Waals surface area contributed by atoms with Gasteiger partial charge in [0.05, 0.1) is 41.5 Å². The highest BCUT2D eigenvalue weighted by molar-refractivity contribution is 6.06. The zero-order chi connectivity index (χ0) is 31.0. The summed E-state index contributed by atoms with van der Waals surface area (Å²) in [5, 5.41) is 12.1. The molecule has 3 aromatic carbocycles. The molecule has 0 bridgehead atoms. The first-order valence-electron chi connectivity index (χ1n) is 14.9. The maximum atomic E-state index is 12.8. The van der Waals surface area contributed by atoms with Crippen molar-refractivity contribution in [3.63, 3.8) is 0 Å². The van der Waals surface area contributed by atoms with Crippen molar-refractivity contribution < 1.29 is 19.1 Å². The molecule has 44 heavy (non-hydrogen) atoms. The Morgan fingerprint density at radius 3 is 2.68 bits per heavy atom. The van der Waals surface area contributed by atoms with Crippen LogP contribution in [0.15, 0.2) is 61.4 Å². The highest BCUT2D eigenvalue weighted by atomic mass is 16.5. The van der Waals surface area contributed by atoms with Gasteiger partial charge >= 0.3 is 5.97 Å². The van der Waals surface area contributed by atoms with Gasteiger partial charge in [0.1, 0.15) is 23.6 Å². The highest BCUT2D eigenvalue weighted by Gasteiger charge is 2.32. The lowest BCUT2D eigenvalue weighted by Crippen LogP contribution is -2.55. The van der Waals surface area contributed by atoms with Gasteiger partial charge in [-0.2, -0.15) is 5.26 Å². The second-order valence-electron chi connectivity index (χ2n) is 12.3. The minimum Gasteiger partial charge on any atom is -0.492 e. The van der Waals surface area contributed by atoms with Crippen LogP contribution in [0.4, 0.5) is 5.82 Å². The molecule has 1 fully saturated rings. The predicted molar refractivity (Wildman–Crippen MR) is 170 cm³/mol. The molecule has 224 valence electrons. The van der Waals surface area contributed by atoms with E-state index in [1.807, 2.05) is 57.2 Å². The minimum absolute atomic E-state index is 0.172. The van der Waals surface area contributed by atoms with E-state index < -0.39 is 5.41 Å². The van der Waals surface area contributed by atoms with Gasteiger partial charge in [-0.05, 0) is 68.3 Å². The van der Waals surface area contributed by atoms with E-state index in [-0.39, 0.29) is 24.3 Å². The lowest BCUT2D eigenvalue weighted by Gasteiger charge is -2.41. The van der Waals surface area contributed by atoms with E-state index in [1.54, 1.807) is 11.2 Å². The molecule has 0 radical (unpaired) electrons. The number of nitriles is 1. The van der Waals surface area contributed by atoms with Gasteiger partial charge in [0.2, 0.25) is 5.91 Å². The quantitative estimate of drug-likeness (QED) is 0.162. The smallest absolute Gasteiger partial charge is 0.316 e. The van der Waals surface area contributed by atoms with Crippen LogP contribution < -0.4 is 14.4 Å². The SMILES string of the molecule is C=CC(=O)N1CCN(c2ncnc3cc(-c4ccc(OC(=O)C(C)(C)C)c5ccccc45)c4c(c23)OCCC4)CC1CC#N. The maximum absolute atomic E-state index is 12.8. The Morgan fingerprint density at radius 2 is 1.93 bits per heavy atom. The molecule has 0 spiro atoms. The van der Waals surface area contributed by atoms with Gasteiger partial charge in [-0.3, -0.25) is 9.59 Å². The molecule has 0 N–H and O–H groups in total. The van der Waals surface area contributed by atoms with Crippen molar-refractivity contribution >= 4 is 39.4 Å². The lowest BCUT2D eigenvalue weighted by molar-refractivity contribution is -0.142. The number of hydrogen-bond acceptors (Lipinski definition) is 8. The van der Waals surface area contributed by atoms with E-state index in [9.17, 15) is 14.9 Å². The molecular weight excluding hydrogens is 554 g/mol. The zero-order valence-corrected chi connectivity index (χ0v) is 25.3. The van der Waals surface area contributed by atoms with Crippen LogP contribution in [0.25, 0.3) is 32.8 Å². The van der Waals surface area contributed by atoms with E-state index in [0.29, 0.717) is 32.0 Å². The summed E-state index contributed by atoms with van der Waals surface area (Å²) >= 11 is 0. The monoisotopic (exact) mass is 589 g/mol. The van der Waals surface area contributed by atoms with Crippen LogP contribution in [0.5, 0.6) is 11.5 Å². The van der Waals surface area contributed by atoms with Crippen molar-refractivity contribution in [2.45, 2.75) is 46.1 Å². The van der Waals surface area contributed by atoms with Crippen LogP contribution >= 0.6 is 0 Å². The largest absolute Gasteiger partial charge is 0.492 e. The van der Waals surface area contributed by atoms with Gasteiger partial charge in [0.25, 0.3) is 0 Å². The molecule has 2 aliphatic heterocycles. The van der Waals surface area contributed by atoms with Crippen molar-refractivity contribution in [2.24, 2.45) is 5.41 Å². The second-order valence-corrected chi connectivity index (χ2v) is 12.3. The molecule has 9 nitrogen and oxygen atoms in total. The van der Waals surface area contributed by atoms with Gasteiger partial charge in [-0.1, -0.05) is 36.9 Å². The van der Waals surface area contributed by atoms with Crippen LogP contribution in [-0.4, -0.2) is 59.0 Å². The molecule has 1 atom stereocenters. The summed E-state index contributed by atoms with van der Waals surface area (Å²) in [6.45, 7) is 11.2. The van der Waals surface area contributed by atoms with E-state index in [1.165, 1.54) is 6.08 Å². The molecule has 1 amide bonds. The summed E-state index contributed by atoms with van der Waals surface area (Å²) in [5.41, 5.74) is 3.22. The summed E-state index contributed by atoms with van der Waals surface area (Å²) in [4.78, 5) is 38.5. The topological polar surface area (TPSA) is 109 Å². The summed E-state index contributed by atoms with van der Waals surface area (Å²) in [5.74, 6) is 1.58. The third-order valence-corrected chi connectivity index (χ3v) is 8.34. The number of piperazine rings is 1. The Labute approximate surface area is 256 Å². The average Bonchev–Trinajstić information content (AvgIpc) is 3.03. The number of benzene rings is 3. The fourth-order valence-corrected chi connectivity index (χ4v) is 6.11. The summed E-state index contributed by atoms with van der Waals surface area (Å²) in [6.07, 6.45) is 4.77. The number of aromatic nitrogens is 2. The standard InChI is InChI=1S/C35H35N5O4/c1-5-30(41)40-17-16-39(20-22(40)14-15-36)33-31-28(37-21-38-33)19-27(26-11-8-18-43-32(26)31)24-12-13-29(44-34(42)35(2,3)4)25-10-7-6-9-23(24)25/h5-7,9-10,12-13,19,21-22H,1,8,11,14,16-18,20H2,2-4H3. The van der Waals surface area contributed by atoms with Crippen molar-refractivity contribution in [1.82, 2.24) is 14.9 Å². The number of amides is 1. The van der Waals surface area contributed by atoms with Crippen molar-refractivity contribution in [1.29, 1.82) is 5.26 Å². The van der Waals surface area contributed by atoms with E-state index in [0.717, 1.165) is 62.8 Å². The first-order valence-corrected chi connectivity index (χ1v) is 14.9. The Kier molecular flexibility index (Phi) is 7.68. The van der Waals surface area contributed by atoms with Gasteiger partial charge in [-0.15, -0.1) is 0 Å². The van der Waals surface area contributed by atoms with Gasteiger partial charge in [0, 0.05) is 30.6 Å². The van der Waals surface area contributed by atoms with Crippen LogP contribution in [-0.2, 0) is 16.0 Å².